The molecule has 21 heavy (non-hydrogen) atoms. The van der Waals surface area contributed by atoms with Gasteiger partial charge in [-0.15, -0.1) is 0 Å². The van der Waals surface area contributed by atoms with Crippen LogP contribution in [0.4, 0.5) is 0 Å². The van der Waals surface area contributed by atoms with Gasteiger partial charge in [-0.1, -0.05) is 6.92 Å². The van der Waals surface area contributed by atoms with Gasteiger partial charge in [0.25, 0.3) is 0 Å². The van der Waals surface area contributed by atoms with E-state index in [0.717, 1.165) is 32.5 Å². The highest BCUT2D eigenvalue weighted by Crippen LogP contribution is 2.22. The maximum atomic E-state index is 12.6. The lowest BCUT2D eigenvalue weighted by Gasteiger charge is -2.35. The summed E-state index contributed by atoms with van der Waals surface area (Å²) >= 11 is 0. The Balaban J connectivity index is 2.13. The number of piperidine rings is 1. The van der Waals surface area contributed by atoms with Crippen molar-refractivity contribution in [2.75, 3.05) is 26.7 Å². The second kappa shape index (κ2) is 6.56. The van der Waals surface area contributed by atoms with Crippen LogP contribution in [0.15, 0.2) is 29.2 Å². The first-order valence-corrected chi connectivity index (χ1v) is 8.63. The number of nitriles is 1. The van der Waals surface area contributed by atoms with E-state index < -0.39 is 10.0 Å². The summed E-state index contributed by atoms with van der Waals surface area (Å²) in [5.74, 6) is 0. The topological polar surface area (TPSA) is 64.4 Å². The van der Waals surface area contributed by atoms with E-state index in [1.165, 1.54) is 16.4 Å². The van der Waals surface area contributed by atoms with E-state index in [4.69, 9.17) is 5.26 Å². The number of nitrogens with zero attached hydrogens (tertiary/aromatic N) is 3. The lowest BCUT2D eigenvalue weighted by atomic mass is 10.1. The lowest BCUT2D eigenvalue weighted by Crippen LogP contribution is -2.45. The Kier molecular flexibility index (Phi) is 4.99. The molecule has 1 aromatic rings. The minimum absolute atomic E-state index is 0.0495. The number of benzene rings is 1. The molecular weight excluding hydrogens is 286 g/mol. The molecule has 1 aliphatic heterocycles. The first-order valence-electron chi connectivity index (χ1n) is 7.19. The van der Waals surface area contributed by atoms with Crippen molar-refractivity contribution in [3.8, 4) is 6.07 Å². The van der Waals surface area contributed by atoms with Gasteiger partial charge >= 0.3 is 0 Å². The van der Waals surface area contributed by atoms with Crippen molar-refractivity contribution in [1.82, 2.24) is 9.21 Å². The van der Waals surface area contributed by atoms with Crippen LogP contribution >= 0.6 is 0 Å². The van der Waals surface area contributed by atoms with Crippen LogP contribution in [0.3, 0.4) is 0 Å². The van der Waals surface area contributed by atoms with Gasteiger partial charge in [-0.2, -0.15) is 9.57 Å². The fourth-order valence-corrected chi connectivity index (χ4v) is 4.08. The molecule has 1 heterocycles. The summed E-state index contributed by atoms with van der Waals surface area (Å²) in [5, 5.41) is 8.78. The van der Waals surface area contributed by atoms with Crippen molar-refractivity contribution in [3.63, 3.8) is 0 Å². The van der Waals surface area contributed by atoms with Gasteiger partial charge in [0.15, 0.2) is 0 Å². The minimum atomic E-state index is -3.48. The summed E-state index contributed by atoms with van der Waals surface area (Å²) in [6.45, 7) is 5.01. The van der Waals surface area contributed by atoms with Crippen LogP contribution in [0, 0.1) is 11.3 Å². The maximum absolute atomic E-state index is 12.6. The maximum Gasteiger partial charge on any atom is 0.243 e. The number of hydrogen-bond acceptors (Lipinski definition) is 4. The molecule has 0 spiro atoms. The molecule has 0 aliphatic carbocycles. The smallest absolute Gasteiger partial charge is 0.243 e. The Bertz CT molecular complexity index is 611. The highest BCUT2D eigenvalue weighted by molar-refractivity contribution is 7.89. The van der Waals surface area contributed by atoms with Gasteiger partial charge < -0.3 is 4.90 Å². The lowest BCUT2D eigenvalue weighted by molar-refractivity contribution is 0.176. The van der Waals surface area contributed by atoms with Gasteiger partial charge in [0.1, 0.15) is 0 Å². The number of likely N-dealkylation sites (tertiary alicyclic amines) is 1. The SMILES string of the molecule is CCN1CCC(N(C)S(=O)(=O)c2ccc(C#N)cc2)CC1. The van der Waals surface area contributed by atoms with Gasteiger partial charge in [-0.3, -0.25) is 0 Å². The molecule has 0 unspecified atom stereocenters. The van der Waals surface area contributed by atoms with Gasteiger partial charge in [0.2, 0.25) is 10.0 Å². The van der Waals surface area contributed by atoms with Gasteiger partial charge in [0, 0.05) is 13.1 Å². The highest BCUT2D eigenvalue weighted by atomic mass is 32.2. The zero-order chi connectivity index (χ0) is 15.5. The summed E-state index contributed by atoms with van der Waals surface area (Å²) in [6.07, 6.45) is 1.72. The van der Waals surface area contributed by atoms with Crippen LogP contribution in [0.2, 0.25) is 0 Å². The zero-order valence-electron chi connectivity index (χ0n) is 12.5. The Morgan fingerprint density at radius 2 is 1.86 bits per heavy atom. The molecular formula is C15H21N3O2S. The fourth-order valence-electron chi connectivity index (χ4n) is 2.66. The quantitative estimate of drug-likeness (QED) is 0.848. The second-order valence-electron chi connectivity index (χ2n) is 5.32. The van der Waals surface area contributed by atoms with Crippen LogP contribution in [-0.2, 0) is 10.0 Å². The van der Waals surface area contributed by atoms with Crippen molar-refractivity contribution < 1.29 is 8.42 Å². The first kappa shape index (κ1) is 16.0. The molecule has 0 bridgehead atoms. The average molecular weight is 307 g/mol. The van der Waals surface area contributed by atoms with E-state index in [1.54, 1.807) is 19.2 Å². The largest absolute Gasteiger partial charge is 0.303 e. The molecule has 0 radical (unpaired) electrons. The van der Waals surface area contributed by atoms with E-state index in [0.29, 0.717) is 5.56 Å². The molecule has 1 fully saturated rings. The predicted octanol–water partition coefficient (Wildman–Crippen LogP) is 1.66. The second-order valence-corrected chi connectivity index (χ2v) is 7.32. The van der Waals surface area contributed by atoms with E-state index in [-0.39, 0.29) is 10.9 Å². The molecule has 1 aromatic carbocycles. The zero-order valence-corrected chi connectivity index (χ0v) is 13.3. The molecule has 0 saturated carbocycles. The Hall–Kier alpha value is -1.42. The van der Waals surface area contributed by atoms with E-state index >= 15 is 0 Å². The standard InChI is InChI=1S/C15H21N3O2S/c1-3-18-10-8-14(9-11-18)17(2)21(19,20)15-6-4-13(12-16)5-7-15/h4-7,14H,3,8-11H2,1-2H3. The van der Waals surface area contributed by atoms with Crippen LogP contribution in [0.5, 0.6) is 0 Å². The molecule has 0 amide bonds. The Morgan fingerprint density at radius 3 is 2.33 bits per heavy atom. The summed E-state index contributed by atoms with van der Waals surface area (Å²) in [4.78, 5) is 2.58. The molecule has 0 N–H and O–H groups in total. The molecule has 0 atom stereocenters. The normalized spacial score (nSPS) is 17.8. The molecule has 0 aromatic heterocycles. The predicted molar refractivity (Wildman–Crippen MR) is 81.2 cm³/mol. The van der Waals surface area contributed by atoms with Crippen molar-refractivity contribution in [3.05, 3.63) is 29.8 Å². The van der Waals surface area contributed by atoms with Crippen molar-refractivity contribution in [2.45, 2.75) is 30.7 Å². The average Bonchev–Trinajstić information content (AvgIpc) is 2.54. The van der Waals surface area contributed by atoms with Crippen LogP contribution in [-0.4, -0.2) is 50.3 Å². The fraction of sp³-hybridized carbons (Fsp3) is 0.533. The Morgan fingerprint density at radius 1 is 1.29 bits per heavy atom. The molecule has 2 rings (SSSR count). The first-order chi connectivity index (χ1) is 9.98. The van der Waals surface area contributed by atoms with Gasteiger partial charge in [-0.25, -0.2) is 8.42 Å². The molecule has 114 valence electrons. The minimum Gasteiger partial charge on any atom is -0.303 e. The van der Waals surface area contributed by atoms with Crippen molar-refractivity contribution in [1.29, 1.82) is 5.26 Å². The van der Waals surface area contributed by atoms with Gasteiger partial charge in [-0.05, 0) is 56.7 Å². The number of rotatable bonds is 4. The number of hydrogen-bond donors (Lipinski definition) is 0. The summed E-state index contributed by atoms with van der Waals surface area (Å²) in [7, 11) is -1.83. The van der Waals surface area contributed by atoms with Crippen molar-refractivity contribution >= 4 is 10.0 Å². The summed E-state index contributed by atoms with van der Waals surface area (Å²) < 4.78 is 26.7. The summed E-state index contributed by atoms with van der Waals surface area (Å²) in [5.41, 5.74) is 0.466. The third-order valence-electron chi connectivity index (χ3n) is 4.18. The third-order valence-corrected chi connectivity index (χ3v) is 6.10. The number of sulfonamides is 1. The van der Waals surface area contributed by atoms with Gasteiger partial charge in [0.05, 0.1) is 16.5 Å². The van der Waals surface area contributed by atoms with Crippen molar-refractivity contribution in [2.24, 2.45) is 0 Å². The van der Waals surface area contributed by atoms with E-state index in [2.05, 4.69) is 11.8 Å². The summed E-state index contributed by atoms with van der Waals surface area (Å²) in [6, 6.07) is 8.14. The third kappa shape index (κ3) is 3.43. The molecule has 1 aliphatic rings. The molecule has 1 saturated heterocycles. The van der Waals surface area contributed by atoms with Crippen LogP contribution in [0.1, 0.15) is 25.3 Å². The monoisotopic (exact) mass is 307 g/mol. The van der Waals surface area contributed by atoms with Crippen LogP contribution in [0.25, 0.3) is 0 Å². The van der Waals surface area contributed by atoms with Crippen LogP contribution < -0.4 is 0 Å². The van der Waals surface area contributed by atoms with E-state index in [9.17, 15) is 8.42 Å². The molecule has 5 nitrogen and oxygen atoms in total. The highest BCUT2D eigenvalue weighted by Gasteiger charge is 2.30. The molecule has 6 heteroatoms. The van der Waals surface area contributed by atoms with E-state index in [1.807, 2.05) is 6.07 Å². The Labute approximate surface area is 126 Å².